The second kappa shape index (κ2) is 6.43. The summed E-state index contributed by atoms with van der Waals surface area (Å²) in [5.41, 5.74) is 0. The Hall–Kier alpha value is -0.630. The van der Waals surface area contributed by atoms with Gasteiger partial charge in [-0.15, -0.1) is 11.6 Å². The average Bonchev–Trinajstić information content (AvgIpc) is 2.38. The summed E-state index contributed by atoms with van der Waals surface area (Å²) in [5.74, 6) is 0.0367. The molecule has 0 radical (unpaired) electrons. The Morgan fingerprint density at radius 2 is 1.50 bits per heavy atom. The molecule has 1 rings (SSSR count). The lowest BCUT2D eigenvalue weighted by atomic mass is 10.3. The van der Waals surface area contributed by atoms with Crippen LogP contribution in [0.3, 0.4) is 0 Å². The van der Waals surface area contributed by atoms with Gasteiger partial charge < -0.3 is 0 Å². The van der Waals surface area contributed by atoms with Gasteiger partial charge in [0.2, 0.25) is 10.0 Å². The van der Waals surface area contributed by atoms with Gasteiger partial charge in [-0.25, -0.2) is 21.1 Å². The predicted molar refractivity (Wildman–Crippen MR) is 79.3 cm³/mol. The van der Waals surface area contributed by atoms with Crippen molar-refractivity contribution in [3.8, 4) is 0 Å². The van der Waals surface area contributed by atoms with Crippen LogP contribution in [0, 0.1) is 5.92 Å². The quantitative estimate of drug-likeness (QED) is 0.738. The fourth-order valence-electron chi connectivity index (χ4n) is 1.55. The summed E-state index contributed by atoms with van der Waals surface area (Å²) < 4.78 is 49.0. The molecule has 0 saturated heterocycles. The summed E-state index contributed by atoms with van der Waals surface area (Å²) in [5, 5.41) is 0. The van der Waals surface area contributed by atoms with Gasteiger partial charge in [-0.2, -0.15) is 0 Å². The SMILES string of the molecule is CC(CCl)CS(=O)(=O)c1ccc(S(=O)(=O)N(C)C)cc1. The van der Waals surface area contributed by atoms with E-state index in [2.05, 4.69) is 0 Å². The largest absolute Gasteiger partial charge is 0.242 e. The van der Waals surface area contributed by atoms with Gasteiger partial charge in [-0.05, 0) is 30.2 Å². The van der Waals surface area contributed by atoms with Crippen molar-refractivity contribution in [3.05, 3.63) is 24.3 Å². The van der Waals surface area contributed by atoms with Crippen LogP contribution >= 0.6 is 11.6 Å². The number of nitrogens with zero attached hydrogens (tertiary/aromatic N) is 1. The molecule has 0 N–H and O–H groups in total. The van der Waals surface area contributed by atoms with Crippen LogP contribution in [0.5, 0.6) is 0 Å². The summed E-state index contributed by atoms with van der Waals surface area (Å²) in [6.07, 6.45) is 0. The molecule has 0 spiro atoms. The van der Waals surface area contributed by atoms with E-state index < -0.39 is 19.9 Å². The summed E-state index contributed by atoms with van der Waals surface area (Å²) in [4.78, 5) is 0.166. The number of benzene rings is 1. The summed E-state index contributed by atoms with van der Waals surface area (Å²) in [6.45, 7) is 1.75. The smallest absolute Gasteiger partial charge is 0.224 e. The molecule has 1 aromatic carbocycles. The molecule has 0 saturated carbocycles. The molecule has 1 atom stereocenters. The average molecular weight is 340 g/mol. The van der Waals surface area contributed by atoms with Crippen LogP contribution in [0.4, 0.5) is 0 Å². The number of alkyl halides is 1. The van der Waals surface area contributed by atoms with E-state index in [0.29, 0.717) is 0 Å². The lowest BCUT2D eigenvalue weighted by Gasteiger charge is -2.12. The number of hydrogen-bond acceptors (Lipinski definition) is 4. The van der Waals surface area contributed by atoms with Crippen molar-refractivity contribution in [3.63, 3.8) is 0 Å². The van der Waals surface area contributed by atoms with E-state index in [4.69, 9.17) is 11.6 Å². The summed E-state index contributed by atoms with van der Waals surface area (Å²) in [7, 11) is -4.16. The minimum Gasteiger partial charge on any atom is -0.224 e. The zero-order valence-corrected chi connectivity index (χ0v) is 14.0. The maximum atomic E-state index is 12.1. The molecule has 20 heavy (non-hydrogen) atoms. The first-order chi connectivity index (χ1) is 9.11. The van der Waals surface area contributed by atoms with Crippen molar-refractivity contribution in [1.29, 1.82) is 0 Å². The van der Waals surface area contributed by atoms with Gasteiger partial charge in [0.25, 0.3) is 0 Å². The van der Waals surface area contributed by atoms with E-state index in [0.717, 1.165) is 4.31 Å². The Labute approximate surface area is 125 Å². The highest BCUT2D eigenvalue weighted by Crippen LogP contribution is 2.19. The highest BCUT2D eigenvalue weighted by molar-refractivity contribution is 7.91. The third-order valence-electron chi connectivity index (χ3n) is 2.73. The molecule has 114 valence electrons. The Bertz CT molecular complexity index is 651. The highest BCUT2D eigenvalue weighted by Gasteiger charge is 2.21. The van der Waals surface area contributed by atoms with Crippen LogP contribution in [0.2, 0.25) is 0 Å². The van der Waals surface area contributed by atoms with Crippen LogP contribution in [-0.2, 0) is 19.9 Å². The maximum Gasteiger partial charge on any atom is 0.242 e. The maximum absolute atomic E-state index is 12.1. The minimum atomic E-state index is -3.55. The molecule has 0 aliphatic heterocycles. The third kappa shape index (κ3) is 3.94. The van der Waals surface area contributed by atoms with Gasteiger partial charge >= 0.3 is 0 Å². The molecule has 1 aromatic rings. The Balaban J connectivity index is 3.09. The molecule has 0 aromatic heterocycles. The first kappa shape index (κ1) is 17.4. The predicted octanol–water partition coefficient (Wildman–Crippen LogP) is 1.59. The fourth-order valence-corrected chi connectivity index (χ4v) is 4.30. The molecule has 1 unspecified atom stereocenters. The van der Waals surface area contributed by atoms with Crippen molar-refractivity contribution in [1.82, 2.24) is 4.31 Å². The van der Waals surface area contributed by atoms with Gasteiger partial charge in [0.05, 0.1) is 15.5 Å². The van der Waals surface area contributed by atoms with Crippen LogP contribution in [0.25, 0.3) is 0 Å². The summed E-state index contributed by atoms with van der Waals surface area (Å²) in [6, 6.07) is 5.22. The van der Waals surface area contributed by atoms with Gasteiger partial charge in [0.1, 0.15) is 0 Å². The van der Waals surface area contributed by atoms with Crippen molar-refractivity contribution < 1.29 is 16.8 Å². The standard InChI is InChI=1S/C12H18ClNO4S2/c1-10(8-13)9-19(15,16)11-4-6-12(7-5-11)20(17,18)14(2)3/h4-7,10H,8-9H2,1-3H3. The van der Waals surface area contributed by atoms with Gasteiger partial charge in [0.15, 0.2) is 9.84 Å². The van der Waals surface area contributed by atoms with Crippen molar-refractivity contribution in [2.75, 3.05) is 25.7 Å². The fraction of sp³-hybridized carbons (Fsp3) is 0.500. The van der Waals surface area contributed by atoms with E-state index in [1.54, 1.807) is 6.92 Å². The van der Waals surface area contributed by atoms with Gasteiger partial charge in [0, 0.05) is 20.0 Å². The van der Waals surface area contributed by atoms with Crippen LogP contribution in [0.1, 0.15) is 6.92 Å². The zero-order valence-electron chi connectivity index (χ0n) is 11.6. The minimum absolute atomic E-state index is 0.0592. The highest BCUT2D eigenvalue weighted by atomic mass is 35.5. The van der Waals surface area contributed by atoms with Crippen LogP contribution < -0.4 is 0 Å². The first-order valence-electron chi connectivity index (χ1n) is 5.92. The molecule has 0 heterocycles. The Morgan fingerprint density at radius 1 is 1.05 bits per heavy atom. The number of halogens is 1. The van der Waals surface area contributed by atoms with Crippen molar-refractivity contribution in [2.45, 2.75) is 16.7 Å². The third-order valence-corrected chi connectivity index (χ3v) is 7.08. The van der Waals surface area contributed by atoms with Crippen LogP contribution in [0.15, 0.2) is 34.1 Å². The normalized spacial score (nSPS) is 14.4. The molecular weight excluding hydrogens is 322 g/mol. The van der Waals surface area contributed by atoms with E-state index in [9.17, 15) is 16.8 Å². The van der Waals surface area contributed by atoms with Crippen LogP contribution in [-0.4, -0.2) is 46.9 Å². The molecule has 0 fully saturated rings. The topological polar surface area (TPSA) is 71.5 Å². The van der Waals surface area contributed by atoms with Crippen molar-refractivity contribution >= 4 is 31.5 Å². The van der Waals surface area contributed by atoms with Gasteiger partial charge in [-0.3, -0.25) is 0 Å². The van der Waals surface area contributed by atoms with E-state index in [1.807, 2.05) is 0 Å². The molecule has 0 aliphatic carbocycles. The van der Waals surface area contributed by atoms with E-state index in [-0.39, 0.29) is 27.3 Å². The zero-order chi connectivity index (χ0) is 15.6. The second-order valence-corrected chi connectivity index (χ2v) is 9.29. The lowest BCUT2D eigenvalue weighted by Crippen LogP contribution is -2.22. The number of sulfonamides is 1. The second-order valence-electron chi connectivity index (χ2n) is 4.80. The van der Waals surface area contributed by atoms with Gasteiger partial charge in [-0.1, -0.05) is 6.92 Å². The first-order valence-corrected chi connectivity index (χ1v) is 9.55. The monoisotopic (exact) mass is 339 g/mol. The Morgan fingerprint density at radius 3 is 1.90 bits per heavy atom. The van der Waals surface area contributed by atoms with E-state index >= 15 is 0 Å². The number of sulfone groups is 1. The Kier molecular flexibility index (Phi) is 5.60. The molecule has 0 aliphatic rings. The number of hydrogen-bond donors (Lipinski definition) is 0. The number of rotatable bonds is 6. The lowest BCUT2D eigenvalue weighted by molar-refractivity contribution is 0.520. The molecule has 8 heteroatoms. The van der Waals surface area contributed by atoms with Crippen molar-refractivity contribution in [2.24, 2.45) is 5.92 Å². The molecule has 0 amide bonds. The van der Waals surface area contributed by atoms with E-state index in [1.165, 1.54) is 38.4 Å². The molecule has 0 bridgehead atoms. The molecular formula is C12H18ClNO4S2. The summed E-state index contributed by atoms with van der Waals surface area (Å²) >= 11 is 5.62. The molecule has 5 nitrogen and oxygen atoms in total.